The molecule has 0 amide bonds. The molecule has 0 N–H and O–H groups in total. The first kappa shape index (κ1) is 37.5. The van der Waals surface area contributed by atoms with Crippen LogP contribution < -0.4 is 0 Å². The maximum Gasteiger partial charge on any atom is 2.00 e. The van der Waals surface area contributed by atoms with Gasteiger partial charge in [0.05, 0.1) is 6.61 Å². The number of esters is 3. The van der Waals surface area contributed by atoms with E-state index in [1.54, 1.807) is 48.5 Å². The molecule has 0 unspecified atom stereocenters. The van der Waals surface area contributed by atoms with E-state index in [1.807, 2.05) is 0 Å². The molecule has 0 heterocycles. The summed E-state index contributed by atoms with van der Waals surface area (Å²) in [5, 5.41) is 9.35. The van der Waals surface area contributed by atoms with Crippen molar-refractivity contribution < 1.29 is 82.4 Å². The van der Waals surface area contributed by atoms with Gasteiger partial charge in [-0.05, 0) is 48.5 Å². The normalized spacial score (nSPS) is 9.81. The Morgan fingerprint density at radius 1 is 0.963 bits per heavy atom. The van der Waals surface area contributed by atoms with Gasteiger partial charge >= 0.3 is 39.0 Å². The van der Waals surface area contributed by atoms with E-state index in [0.717, 1.165) is 0 Å². The average Bonchev–Trinajstić information content (AvgIpc) is 2.22. The van der Waals surface area contributed by atoms with Gasteiger partial charge in [0, 0.05) is 39.6 Å². The third kappa shape index (κ3) is 23.7. The van der Waals surface area contributed by atoms with Crippen molar-refractivity contribution in [2.75, 3.05) is 6.61 Å². The minimum Gasteiger partial charge on any atom is -0.837 e. The molecule has 0 saturated carbocycles. The Morgan fingerprint density at radius 2 is 1.26 bits per heavy atom. The number of hydrogen-bond donors (Lipinski definition) is 0. The second-order valence-electron chi connectivity index (χ2n) is 6.92. The molecule has 0 aromatic heterocycles. The molecule has 9 heteroatoms. The SMILES string of the molecule is CCOC(C)=O.[CH2-]C(=[N-])C(C(=O)OC(C)(C)C)C(=O)OC(C)(C)C.[CH3-].[W+2].[Y]. The van der Waals surface area contributed by atoms with Crippen molar-refractivity contribution in [2.24, 2.45) is 5.92 Å². The molecule has 0 saturated heterocycles. The molecular formula is C18H32NO6WY-. The van der Waals surface area contributed by atoms with Crippen LogP contribution in [0.15, 0.2) is 0 Å². The molecule has 0 aliphatic rings. The minimum atomic E-state index is -1.51. The van der Waals surface area contributed by atoms with Crippen LogP contribution >= 0.6 is 0 Å². The van der Waals surface area contributed by atoms with Crippen LogP contribution in [0.3, 0.4) is 0 Å². The van der Waals surface area contributed by atoms with Crippen molar-refractivity contribution in [1.29, 1.82) is 0 Å². The second-order valence-corrected chi connectivity index (χ2v) is 6.92. The third-order valence-corrected chi connectivity index (χ3v) is 1.97. The van der Waals surface area contributed by atoms with Gasteiger partial charge in [0.25, 0.3) is 0 Å². The maximum absolute atomic E-state index is 11.8. The van der Waals surface area contributed by atoms with Crippen LogP contribution in [0, 0.1) is 20.3 Å². The van der Waals surface area contributed by atoms with Crippen LogP contribution in [-0.2, 0) is 82.4 Å². The van der Waals surface area contributed by atoms with E-state index < -0.39 is 34.8 Å². The summed E-state index contributed by atoms with van der Waals surface area (Å²) in [6.45, 7) is 16.8. The number of nitrogens with zero attached hydrogens (tertiary/aromatic N) is 1. The summed E-state index contributed by atoms with van der Waals surface area (Å²) < 4.78 is 14.5. The molecule has 0 aliphatic carbocycles. The van der Waals surface area contributed by atoms with Gasteiger partial charge in [0.2, 0.25) is 0 Å². The Morgan fingerprint density at radius 3 is 1.37 bits per heavy atom. The van der Waals surface area contributed by atoms with Crippen molar-refractivity contribution in [3.63, 3.8) is 0 Å². The molecule has 0 aromatic carbocycles. The smallest absolute Gasteiger partial charge is 0.837 e. The summed E-state index contributed by atoms with van der Waals surface area (Å²) in [4.78, 5) is 33.4. The summed E-state index contributed by atoms with van der Waals surface area (Å²) >= 11 is 0. The van der Waals surface area contributed by atoms with E-state index in [1.165, 1.54) is 6.92 Å². The van der Waals surface area contributed by atoms with E-state index in [4.69, 9.17) is 9.47 Å². The fourth-order valence-electron chi connectivity index (χ4n) is 1.29. The first-order valence-electron chi connectivity index (χ1n) is 7.57. The molecule has 7 nitrogen and oxygen atoms in total. The van der Waals surface area contributed by atoms with Crippen LogP contribution in [0.5, 0.6) is 0 Å². The second kappa shape index (κ2) is 16.7. The maximum atomic E-state index is 11.8. The average molecular weight is 631 g/mol. The quantitative estimate of drug-likeness (QED) is 0.156. The Bertz CT molecular complexity index is 441. The van der Waals surface area contributed by atoms with E-state index in [9.17, 15) is 19.8 Å². The third-order valence-electron chi connectivity index (χ3n) is 1.97. The summed E-state index contributed by atoms with van der Waals surface area (Å²) in [6.07, 6.45) is 0. The molecule has 1 radical (unpaired) electrons. The van der Waals surface area contributed by atoms with Gasteiger partial charge in [-0.3, -0.25) is 14.4 Å². The van der Waals surface area contributed by atoms with Gasteiger partial charge in [-0.25, -0.2) is 0 Å². The Balaban J connectivity index is -0.000000156. The predicted molar refractivity (Wildman–Crippen MR) is 97.6 cm³/mol. The molecular weight excluding hydrogens is 599 g/mol. The topological polar surface area (TPSA) is 101 Å². The Kier molecular flexibility index (Phi) is 23.2. The predicted octanol–water partition coefficient (Wildman–Crippen LogP) is 3.15. The zero-order valence-corrected chi connectivity index (χ0v) is 23.6. The largest absolute Gasteiger partial charge is 2.00 e. The molecule has 0 aliphatic heterocycles. The minimum absolute atomic E-state index is 0. The molecule has 0 rings (SSSR count). The number of carbonyl (C=O) groups excluding carboxylic acids is 3. The molecule has 0 aromatic rings. The van der Waals surface area contributed by atoms with Crippen molar-refractivity contribution >= 4 is 23.6 Å². The first-order valence-corrected chi connectivity index (χ1v) is 7.57. The van der Waals surface area contributed by atoms with E-state index >= 15 is 0 Å². The molecule has 155 valence electrons. The van der Waals surface area contributed by atoms with Crippen LogP contribution in [0.25, 0.3) is 5.41 Å². The van der Waals surface area contributed by atoms with E-state index in [0.29, 0.717) is 6.61 Å². The summed E-state index contributed by atoms with van der Waals surface area (Å²) in [5.74, 6) is -3.46. The number of rotatable bonds is 4. The Labute approximate surface area is 203 Å². The van der Waals surface area contributed by atoms with Crippen LogP contribution in [0.4, 0.5) is 0 Å². The summed E-state index contributed by atoms with van der Waals surface area (Å²) in [7, 11) is 0. The van der Waals surface area contributed by atoms with Gasteiger partial charge in [-0.1, -0.05) is 0 Å². The summed E-state index contributed by atoms with van der Waals surface area (Å²) in [5.41, 5.74) is -2.10. The fraction of sp³-hybridized carbons (Fsp3) is 0.667. The van der Waals surface area contributed by atoms with Gasteiger partial charge in [-0.2, -0.15) is 0 Å². The van der Waals surface area contributed by atoms with Crippen molar-refractivity contribution in [3.8, 4) is 0 Å². The first-order chi connectivity index (χ1) is 10.6. The van der Waals surface area contributed by atoms with Crippen molar-refractivity contribution in [2.45, 2.75) is 66.6 Å². The van der Waals surface area contributed by atoms with Gasteiger partial charge in [0.15, 0.2) is 0 Å². The zero-order chi connectivity index (χ0) is 19.7. The molecule has 0 bridgehead atoms. The monoisotopic (exact) mass is 631 g/mol. The Hall–Kier alpha value is -0.258. The van der Waals surface area contributed by atoms with Gasteiger partial charge < -0.3 is 39.7 Å². The number of ether oxygens (including phenoxy) is 3. The molecule has 0 atom stereocenters. The van der Waals surface area contributed by atoms with Crippen molar-refractivity contribution in [1.82, 2.24) is 0 Å². The molecule has 0 fully saturated rings. The zero-order valence-electron chi connectivity index (χ0n) is 17.9. The molecule has 27 heavy (non-hydrogen) atoms. The van der Waals surface area contributed by atoms with Gasteiger partial charge in [0.1, 0.15) is 17.1 Å². The molecule has 0 spiro atoms. The van der Waals surface area contributed by atoms with Crippen molar-refractivity contribution in [3.05, 3.63) is 19.8 Å². The number of hydrogen-bond acceptors (Lipinski definition) is 6. The van der Waals surface area contributed by atoms with Gasteiger partial charge in [-0.15, -0.1) is 0 Å². The standard InChI is InChI=1S/C13H21NO4.C4H8O2.CH3.W.Y/c1-8(14)9(10(15)17-12(2,3)4)11(16)18-13(5,6)7;1-3-6-4(2)5;;;/h9H,1H2,2-7H3;3H2,1-2H3;1H3;;/q-2;;-1;+2;. The fourth-order valence-corrected chi connectivity index (χ4v) is 1.29. The van der Waals surface area contributed by atoms with E-state index in [-0.39, 0.29) is 67.2 Å². The van der Waals surface area contributed by atoms with Crippen LogP contribution in [0.2, 0.25) is 0 Å². The van der Waals surface area contributed by atoms with Crippen LogP contribution in [-0.4, -0.2) is 41.4 Å². The van der Waals surface area contributed by atoms with Crippen LogP contribution in [0.1, 0.15) is 55.4 Å². The van der Waals surface area contributed by atoms with E-state index in [2.05, 4.69) is 11.7 Å². The number of carbonyl (C=O) groups is 3. The summed E-state index contributed by atoms with van der Waals surface area (Å²) in [6, 6.07) is 0.